The van der Waals surface area contributed by atoms with Crippen LogP contribution in [0.1, 0.15) is 28.6 Å². The molecule has 2 atom stereocenters. The number of hydrogen-bond donors (Lipinski definition) is 1. The highest BCUT2D eigenvalue weighted by molar-refractivity contribution is 5.95. The van der Waals surface area contributed by atoms with Crippen LogP contribution in [0.5, 0.6) is 0 Å². The Bertz CT molecular complexity index is 834. The largest absolute Gasteiger partial charge is 0.372 e. The van der Waals surface area contributed by atoms with E-state index in [1.165, 1.54) is 0 Å². The lowest BCUT2D eigenvalue weighted by atomic mass is 9.99. The molecule has 1 aliphatic heterocycles. The highest BCUT2D eigenvalue weighted by atomic mass is 16.5. The van der Waals surface area contributed by atoms with E-state index in [9.17, 15) is 4.79 Å². The first-order valence-corrected chi connectivity index (χ1v) is 8.17. The maximum atomic E-state index is 12.4. The maximum Gasteiger partial charge on any atom is 0.252 e. The van der Waals surface area contributed by atoms with Gasteiger partial charge in [0.2, 0.25) is 0 Å². The van der Waals surface area contributed by atoms with E-state index in [1.807, 2.05) is 58.9 Å². The molecule has 0 bridgehead atoms. The summed E-state index contributed by atoms with van der Waals surface area (Å²) >= 11 is 0. The molecular formula is C18H20N4O2. The summed E-state index contributed by atoms with van der Waals surface area (Å²) in [5, 5.41) is 7.26. The topological polar surface area (TPSA) is 60.6 Å². The third-order valence-electron chi connectivity index (χ3n) is 4.66. The summed E-state index contributed by atoms with van der Waals surface area (Å²) in [4.78, 5) is 12.4. The molecule has 1 aliphatic rings. The molecule has 1 amide bonds. The number of pyridine rings is 1. The fourth-order valence-corrected chi connectivity index (χ4v) is 3.34. The van der Waals surface area contributed by atoms with Crippen molar-refractivity contribution in [3.05, 3.63) is 60.2 Å². The molecule has 0 unspecified atom stereocenters. The van der Waals surface area contributed by atoms with Gasteiger partial charge in [0.05, 0.1) is 11.3 Å². The van der Waals surface area contributed by atoms with Gasteiger partial charge >= 0.3 is 0 Å². The van der Waals surface area contributed by atoms with E-state index in [0.717, 1.165) is 17.6 Å². The van der Waals surface area contributed by atoms with Crippen molar-refractivity contribution in [3.63, 3.8) is 0 Å². The lowest BCUT2D eigenvalue weighted by Crippen LogP contribution is -2.30. The molecule has 4 rings (SSSR count). The minimum Gasteiger partial charge on any atom is -0.372 e. The first kappa shape index (κ1) is 15.0. The van der Waals surface area contributed by atoms with Crippen LogP contribution in [0.3, 0.4) is 0 Å². The van der Waals surface area contributed by atoms with Crippen LogP contribution in [-0.2, 0) is 11.8 Å². The van der Waals surface area contributed by atoms with E-state index in [2.05, 4.69) is 10.4 Å². The molecule has 124 valence electrons. The zero-order chi connectivity index (χ0) is 16.5. The average Bonchev–Trinajstić information content (AvgIpc) is 3.30. The predicted molar refractivity (Wildman–Crippen MR) is 89.7 cm³/mol. The molecule has 6 nitrogen and oxygen atoms in total. The normalized spacial score (nSPS) is 20.5. The van der Waals surface area contributed by atoms with E-state index in [1.54, 1.807) is 6.20 Å². The number of fused-ring (bicyclic) bond motifs is 1. The Morgan fingerprint density at radius 3 is 3.12 bits per heavy atom. The Morgan fingerprint density at radius 2 is 2.33 bits per heavy atom. The van der Waals surface area contributed by atoms with E-state index in [4.69, 9.17) is 4.74 Å². The average molecular weight is 324 g/mol. The fourth-order valence-electron chi connectivity index (χ4n) is 3.34. The van der Waals surface area contributed by atoms with Crippen molar-refractivity contribution in [3.8, 4) is 0 Å². The van der Waals surface area contributed by atoms with Gasteiger partial charge < -0.3 is 14.5 Å². The van der Waals surface area contributed by atoms with Gasteiger partial charge in [-0.25, -0.2) is 0 Å². The van der Waals surface area contributed by atoms with Gasteiger partial charge in [-0.05, 0) is 30.7 Å². The standard InChI is InChI=1S/C18H20N4O2/c1-21-16(5-7-20-21)17-13(6-9-24-17)11-19-18(23)14-10-15-4-2-3-8-22(15)12-14/h2-5,7-8,10,12-13,17H,6,9,11H2,1H3,(H,19,23)/t13-,17+/m0/s1. The summed E-state index contributed by atoms with van der Waals surface area (Å²) in [5.74, 6) is 0.218. The van der Waals surface area contributed by atoms with Crippen LogP contribution < -0.4 is 5.32 Å². The summed E-state index contributed by atoms with van der Waals surface area (Å²) in [5.41, 5.74) is 2.75. The molecule has 3 aromatic rings. The first-order chi connectivity index (χ1) is 11.7. The number of amides is 1. The number of carbonyl (C=O) groups is 1. The first-order valence-electron chi connectivity index (χ1n) is 8.17. The van der Waals surface area contributed by atoms with Crippen molar-refractivity contribution in [2.45, 2.75) is 12.5 Å². The Hall–Kier alpha value is -2.60. The van der Waals surface area contributed by atoms with Gasteiger partial charge in [-0.15, -0.1) is 0 Å². The van der Waals surface area contributed by atoms with Gasteiger partial charge in [0.25, 0.3) is 5.91 Å². The van der Waals surface area contributed by atoms with Crippen LogP contribution in [0.25, 0.3) is 5.52 Å². The molecule has 1 N–H and O–H groups in total. The van der Waals surface area contributed by atoms with Crippen LogP contribution in [-0.4, -0.2) is 33.2 Å². The molecule has 3 aromatic heterocycles. The van der Waals surface area contributed by atoms with Crippen molar-refractivity contribution < 1.29 is 9.53 Å². The lowest BCUT2D eigenvalue weighted by Gasteiger charge is -2.19. The van der Waals surface area contributed by atoms with Crippen LogP contribution >= 0.6 is 0 Å². The minimum atomic E-state index is -0.0469. The highest BCUT2D eigenvalue weighted by Crippen LogP contribution is 2.33. The Kier molecular flexibility index (Phi) is 3.82. The molecule has 0 saturated carbocycles. The molecule has 0 aromatic carbocycles. The zero-order valence-electron chi connectivity index (χ0n) is 13.6. The van der Waals surface area contributed by atoms with Crippen LogP contribution in [0.2, 0.25) is 0 Å². The minimum absolute atomic E-state index is 0.00842. The van der Waals surface area contributed by atoms with Gasteiger partial charge in [0.15, 0.2) is 0 Å². The summed E-state index contributed by atoms with van der Waals surface area (Å²) in [7, 11) is 1.92. The lowest BCUT2D eigenvalue weighted by molar-refractivity contribution is 0.0801. The number of nitrogens with one attached hydrogen (secondary N) is 1. The van der Waals surface area contributed by atoms with E-state index in [-0.39, 0.29) is 17.9 Å². The smallest absolute Gasteiger partial charge is 0.252 e. The molecule has 0 spiro atoms. The number of hydrogen-bond acceptors (Lipinski definition) is 3. The number of aromatic nitrogens is 3. The molecule has 1 saturated heterocycles. The van der Waals surface area contributed by atoms with Crippen LogP contribution in [0.15, 0.2) is 48.9 Å². The molecule has 0 radical (unpaired) electrons. The monoisotopic (exact) mass is 324 g/mol. The Morgan fingerprint density at radius 1 is 1.42 bits per heavy atom. The molecule has 0 aliphatic carbocycles. The number of nitrogens with zero attached hydrogens (tertiary/aromatic N) is 3. The number of aryl methyl sites for hydroxylation is 1. The van der Waals surface area contributed by atoms with Crippen molar-refractivity contribution >= 4 is 11.4 Å². The second-order valence-corrected chi connectivity index (χ2v) is 6.19. The highest BCUT2D eigenvalue weighted by Gasteiger charge is 2.31. The third kappa shape index (κ3) is 2.69. The van der Waals surface area contributed by atoms with Gasteiger partial charge in [-0.1, -0.05) is 6.07 Å². The second kappa shape index (κ2) is 6.13. The molecule has 1 fully saturated rings. The molecule has 24 heavy (non-hydrogen) atoms. The summed E-state index contributed by atoms with van der Waals surface area (Å²) in [6.45, 7) is 1.31. The second-order valence-electron chi connectivity index (χ2n) is 6.19. The van der Waals surface area contributed by atoms with Crippen molar-refractivity contribution in [2.75, 3.05) is 13.2 Å². The molecule has 6 heteroatoms. The maximum absolute atomic E-state index is 12.4. The Labute approximate surface area is 140 Å². The third-order valence-corrected chi connectivity index (χ3v) is 4.66. The van der Waals surface area contributed by atoms with Crippen molar-refractivity contribution in [1.82, 2.24) is 19.5 Å². The number of ether oxygens (including phenoxy) is 1. The molecular weight excluding hydrogens is 304 g/mol. The van der Waals surface area contributed by atoms with E-state index >= 15 is 0 Å². The van der Waals surface area contributed by atoms with Crippen LogP contribution in [0.4, 0.5) is 0 Å². The van der Waals surface area contributed by atoms with Crippen LogP contribution in [0, 0.1) is 5.92 Å². The van der Waals surface area contributed by atoms with Crippen molar-refractivity contribution in [1.29, 1.82) is 0 Å². The number of carbonyl (C=O) groups excluding carboxylic acids is 1. The van der Waals surface area contributed by atoms with Gasteiger partial charge in [0.1, 0.15) is 6.10 Å². The summed E-state index contributed by atoms with van der Waals surface area (Å²) in [6.07, 6.45) is 6.50. The molecule has 4 heterocycles. The summed E-state index contributed by atoms with van der Waals surface area (Å²) < 4.78 is 9.65. The van der Waals surface area contributed by atoms with E-state index < -0.39 is 0 Å². The number of rotatable bonds is 4. The SMILES string of the molecule is Cn1nccc1[C@@H]1OCC[C@H]1CNC(=O)c1cc2ccccn2c1. The zero-order valence-corrected chi connectivity index (χ0v) is 13.6. The van der Waals surface area contributed by atoms with Gasteiger partial charge in [-0.2, -0.15) is 5.10 Å². The van der Waals surface area contributed by atoms with Gasteiger partial charge in [0, 0.05) is 50.2 Å². The van der Waals surface area contributed by atoms with Crippen molar-refractivity contribution in [2.24, 2.45) is 13.0 Å². The quantitative estimate of drug-likeness (QED) is 0.800. The predicted octanol–water partition coefficient (Wildman–Crippen LogP) is 2.18. The summed E-state index contributed by atoms with van der Waals surface area (Å²) in [6, 6.07) is 9.78. The fraction of sp³-hybridized carbons (Fsp3) is 0.333. The Balaban J connectivity index is 1.44. The van der Waals surface area contributed by atoms with E-state index in [0.29, 0.717) is 18.7 Å². The van der Waals surface area contributed by atoms with Gasteiger partial charge in [-0.3, -0.25) is 9.48 Å².